The van der Waals surface area contributed by atoms with Crippen molar-refractivity contribution in [2.24, 2.45) is 13.7 Å². The summed E-state index contributed by atoms with van der Waals surface area (Å²) in [5.74, 6) is -1.91. The lowest BCUT2D eigenvalue weighted by Crippen LogP contribution is -2.25. The summed E-state index contributed by atoms with van der Waals surface area (Å²) in [7, 11) is -13.3. The van der Waals surface area contributed by atoms with Gasteiger partial charge in [0.15, 0.2) is 32.0 Å². The van der Waals surface area contributed by atoms with Crippen molar-refractivity contribution in [2.75, 3.05) is 27.8 Å². The molecule has 24 heteroatoms. The van der Waals surface area contributed by atoms with E-state index in [0.29, 0.717) is 5.69 Å². The Bertz CT molecular complexity index is 2790. The second-order valence-corrected chi connectivity index (χ2v) is 17.2. The Hall–Kier alpha value is -6.53. The summed E-state index contributed by atoms with van der Waals surface area (Å²) >= 11 is 6.25. The second-order valence-electron chi connectivity index (χ2n) is 11.6. The third-order valence-corrected chi connectivity index (χ3v) is 12.4. The smallest absolute Gasteiger partial charge is 0.296 e. The lowest BCUT2D eigenvalue weighted by atomic mass is 9.82. The lowest BCUT2D eigenvalue weighted by molar-refractivity contribution is 0.0980. The number of sulfone groups is 1. The van der Waals surface area contributed by atoms with Crippen molar-refractivity contribution in [3.63, 3.8) is 0 Å². The van der Waals surface area contributed by atoms with Crippen molar-refractivity contribution in [3.05, 3.63) is 127 Å². The standard InChI is InChI=1S/C33H25ClN10O10S3/c1-3-44(18-8-7-9-19(15-18)55(50,51)4-2)33-39-31(34)38-32(40-33)36-17-12-13-22(24(14-17)56(41-47,42-48)43-49)37-23-16-25(57(52,53)54)28(35)27-26(23)29(45)20-10-5-6-11-21(20)30(27)46/h4-16,37H,2-3,35H2,1H3,(H,52,53,54)(H,36,38,39,40). The Morgan fingerprint density at radius 1 is 0.825 bits per heavy atom. The van der Waals surface area contributed by atoms with Gasteiger partial charge in [0, 0.05) is 48.2 Å². The van der Waals surface area contributed by atoms with Gasteiger partial charge in [0.2, 0.25) is 17.2 Å². The maximum absolute atomic E-state index is 13.8. The number of halogens is 1. The molecule has 0 amide bonds. The van der Waals surface area contributed by atoms with E-state index >= 15 is 0 Å². The van der Waals surface area contributed by atoms with Crippen LogP contribution in [-0.2, 0) is 20.0 Å². The number of aromatic nitrogens is 3. The molecule has 0 unspecified atom stereocenters. The van der Waals surface area contributed by atoms with Crippen LogP contribution in [0.4, 0.5) is 40.3 Å². The number of benzene rings is 4. The number of carbonyl (C=O) groups is 2. The number of rotatable bonds is 14. The number of carbonyl (C=O) groups excluding carboxylic acids is 2. The summed E-state index contributed by atoms with van der Waals surface area (Å²) in [6.45, 7) is 5.28. The van der Waals surface area contributed by atoms with Crippen LogP contribution in [0.2, 0.25) is 5.28 Å². The molecule has 0 fully saturated rings. The van der Waals surface area contributed by atoms with E-state index < -0.39 is 74.4 Å². The average Bonchev–Trinajstić information content (AvgIpc) is 3.19. The minimum absolute atomic E-state index is 0.0307. The Kier molecular flexibility index (Phi) is 10.7. The lowest BCUT2D eigenvalue weighted by Gasteiger charge is -2.25. The first-order chi connectivity index (χ1) is 27.0. The summed E-state index contributed by atoms with van der Waals surface area (Å²) in [6, 6.07) is 15.7. The highest BCUT2D eigenvalue weighted by atomic mass is 35.5. The first-order valence-electron chi connectivity index (χ1n) is 15.9. The van der Waals surface area contributed by atoms with E-state index in [1.807, 2.05) is 0 Å². The van der Waals surface area contributed by atoms with Crippen LogP contribution in [0.3, 0.4) is 0 Å². The number of nitroso groups, excluding NO2 is 3. The van der Waals surface area contributed by atoms with E-state index in [4.69, 9.17) is 17.3 Å². The predicted octanol–water partition coefficient (Wildman–Crippen LogP) is 6.90. The maximum atomic E-state index is 13.8. The molecule has 0 spiro atoms. The molecule has 0 bridgehead atoms. The second kappa shape index (κ2) is 15.2. The molecule has 57 heavy (non-hydrogen) atoms. The van der Waals surface area contributed by atoms with Gasteiger partial charge in [-0.25, -0.2) is 8.42 Å². The highest BCUT2D eigenvalue weighted by Gasteiger charge is 2.39. The predicted molar refractivity (Wildman–Crippen MR) is 212 cm³/mol. The highest BCUT2D eigenvalue weighted by molar-refractivity contribution is 8.30. The van der Waals surface area contributed by atoms with Crippen LogP contribution in [0.15, 0.2) is 113 Å². The quantitative estimate of drug-likeness (QED) is 0.0492. The number of ketones is 2. The van der Waals surface area contributed by atoms with Crippen molar-refractivity contribution in [3.8, 4) is 0 Å². The first kappa shape index (κ1) is 40.1. The van der Waals surface area contributed by atoms with Gasteiger partial charge in [-0.2, -0.15) is 23.4 Å². The fourth-order valence-electron chi connectivity index (χ4n) is 5.85. The topological polar surface area (TPSA) is 303 Å². The van der Waals surface area contributed by atoms with Gasteiger partial charge in [0.05, 0.1) is 38.0 Å². The molecule has 1 aliphatic carbocycles. The van der Waals surface area contributed by atoms with E-state index in [9.17, 15) is 45.7 Å². The molecular weight excluding hydrogens is 828 g/mol. The average molecular weight is 853 g/mol. The van der Waals surface area contributed by atoms with Crippen LogP contribution in [0.5, 0.6) is 0 Å². The van der Waals surface area contributed by atoms with Crippen molar-refractivity contribution in [2.45, 2.75) is 21.6 Å². The monoisotopic (exact) mass is 852 g/mol. The molecular formula is C33H25ClN10O10S3. The first-order valence-corrected chi connectivity index (χ1v) is 20.7. The van der Waals surface area contributed by atoms with Crippen molar-refractivity contribution >= 4 is 94.0 Å². The zero-order chi connectivity index (χ0) is 41.4. The fourth-order valence-corrected chi connectivity index (χ4v) is 8.42. The van der Waals surface area contributed by atoms with Crippen molar-refractivity contribution in [1.82, 2.24) is 15.0 Å². The molecule has 0 atom stereocenters. The zero-order valence-corrected chi connectivity index (χ0v) is 32.1. The van der Waals surface area contributed by atoms with Crippen LogP contribution < -0.4 is 21.3 Å². The third-order valence-electron chi connectivity index (χ3n) is 8.42. The Balaban J connectivity index is 1.47. The third kappa shape index (κ3) is 7.31. The van der Waals surface area contributed by atoms with E-state index in [1.54, 1.807) is 13.0 Å². The SMILES string of the molecule is C=CS(=O)(=O)c1cccc(N(CC)c2nc(Cl)nc(Nc3ccc(Nc4cc(S(=O)(=O)O)c(N)c5c4C(=O)c4ccccc4C5=O)c(S(N=O)(N=O)N=O)c3)n2)c1. The van der Waals surface area contributed by atoms with Gasteiger partial charge in [0.25, 0.3) is 10.1 Å². The van der Waals surface area contributed by atoms with Crippen LogP contribution in [0, 0.1) is 14.7 Å². The van der Waals surface area contributed by atoms with Gasteiger partial charge in [-0.15, -0.1) is 14.7 Å². The van der Waals surface area contributed by atoms with Crippen molar-refractivity contribution in [1.29, 1.82) is 0 Å². The normalized spacial score (nSPS) is 12.8. The summed E-state index contributed by atoms with van der Waals surface area (Å²) in [6.07, 6.45) is 0. The maximum Gasteiger partial charge on any atom is 0.296 e. The summed E-state index contributed by atoms with van der Waals surface area (Å²) < 4.78 is 67.7. The molecule has 0 aliphatic heterocycles. The Morgan fingerprint density at radius 3 is 2.07 bits per heavy atom. The molecule has 20 nitrogen and oxygen atoms in total. The molecule has 1 aliphatic rings. The molecule has 292 valence electrons. The molecule has 1 aromatic heterocycles. The Labute approximate surface area is 328 Å². The molecule has 0 saturated carbocycles. The van der Waals surface area contributed by atoms with Gasteiger partial charge >= 0.3 is 0 Å². The van der Waals surface area contributed by atoms with Crippen LogP contribution >= 0.6 is 22.2 Å². The number of nitrogens with zero attached hydrogens (tertiary/aromatic N) is 7. The van der Waals surface area contributed by atoms with E-state index in [0.717, 1.165) is 23.6 Å². The number of nitrogens with one attached hydrogen (secondary N) is 2. The molecule has 4 aromatic carbocycles. The molecule has 5 aromatic rings. The molecule has 6 rings (SSSR count). The number of hydrogen-bond donors (Lipinski definition) is 4. The van der Waals surface area contributed by atoms with Crippen molar-refractivity contribution < 1.29 is 31.0 Å². The van der Waals surface area contributed by atoms with Gasteiger partial charge in [-0.1, -0.05) is 36.9 Å². The van der Waals surface area contributed by atoms with Crippen LogP contribution in [-0.4, -0.2) is 54.5 Å². The van der Waals surface area contributed by atoms with Crippen LogP contribution in [0.25, 0.3) is 0 Å². The number of hydrogen-bond acceptors (Lipinski definition) is 19. The number of nitrogens with two attached hydrogens (primary N) is 1. The fraction of sp³-hybridized carbons (Fsp3) is 0.0606. The number of nitrogen functional groups attached to an aromatic ring is 1. The van der Waals surface area contributed by atoms with E-state index in [1.165, 1.54) is 53.4 Å². The minimum Gasteiger partial charge on any atom is -0.397 e. The highest BCUT2D eigenvalue weighted by Crippen LogP contribution is 2.63. The van der Waals surface area contributed by atoms with Gasteiger partial charge in [-0.05, 0) is 61.0 Å². The molecule has 0 radical (unpaired) electrons. The van der Waals surface area contributed by atoms with E-state index in [2.05, 4.69) is 45.9 Å². The number of fused-ring (bicyclic) bond motifs is 2. The van der Waals surface area contributed by atoms with Crippen LogP contribution in [0.1, 0.15) is 38.8 Å². The number of anilines is 7. The molecule has 0 saturated heterocycles. The summed E-state index contributed by atoms with van der Waals surface area (Å²) in [4.78, 5) is 76.3. The molecule has 5 N–H and O–H groups in total. The summed E-state index contributed by atoms with van der Waals surface area (Å²) in [5.41, 5.74) is 3.70. The summed E-state index contributed by atoms with van der Waals surface area (Å²) in [5, 5.41) is 5.94. The molecule has 1 heterocycles. The van der Waals surface area contributed by atoms with Gasteiger partial charge in [-0.3, -0.25) is 14.1 Å². The Morgan fingerprint density at radius 2 is 1.47 bits per heavy atom. The van der Waals surface area contributed by atoms with Gasteiger partial charge in [0.1, 0.15) is 4.90 Å². The van der Waals surface area contributed by atoms with E-state index in [-0.39, 0.29) is 51.1 Å². The zero-order valence-electron chi connectivity index (χ0n) is 28.9. The van der Waals surface area contributed by atoms with Gasteiger partial charge < -0.3 is 21.3 Å². The largest absolute Gasteiger partial charge is 0.397 e. The minimum atomic E-state index is -5.14.